The largest absolute Gasteiger partial charge is 0.451 e. The summed E-state index contributed by atoms with van der Waals surface area (Å²) in [5.74, 6) is 0.349. The first-order chi connectivity index (χ1) is 8.63. The third kappa shape index (κ3) is 1.88. The molecule has 2 heterocycles. The van der Waals surface area contributed by atoms with Gasteiger partial charge < -0.3 is 15.1 Å². The number of aryl methyl sites for hydroxylation is 1. The lowest BCUT2D eigenvalue weighted by atomic mass is 10.2. The van der Waals surface area contributed by atoms with Crippen molar-refractivity contribution in [2.24, 2.45) is 5.73 Å². The Balaban J connectivity index is 1.92. The molecule has 0 bridgehead atoms. The molecule has 0 spiro atoms. The second-order valence-electron chi connectivity index (χ2n) is 4.95. The molecule has 1 fully saturated rings. The second-order valence-corrected chi connectivity index (χ2v) is 4.95. The van der Waals surface area contributed by atoms with E-state index < -0.39 is 0 Å². The van der Waals surface area contributed by atoms with Gasteiger partial charge in [-0.25, -0.2) is 0 Å². The lowest BCUT2D eigenvalue weighted by molar-refractivity contribution is 0.0761. The number of rotatable bonds is 1. The number of benzene rings is 1. The van der Waals surface area contributed by atoms with Crippen LogP contribution < -0.4 is 5.73 Å². The fourth-order valence-corrected chi connectivity index (χ4v) is 2.40. The van der Waals surface area contributed by atoms with E-state index in [0.717, 1.165) is 29.5 Å². The van der Waals surface area contributed by atoms with Gasteiger partial charge in [0.2, 0.25) is 0 Å². The molecular formula is C14H16N2O2. The fraction of sp³-hybridized carbons (Fsp3) is 0.357. The summed E-state index contributed by atoms with van der Waals surface area (Å²) in [7, 11) is 0. The molecule has 1 aliphatic rings. The molecule has 0 saturated carbocycles. The first-order valence-corrected chi connectivity index (χ1v) is 6.18. The second kappa shape index (κ2) is 4.14. The summed E-state index contributed by atoms with van der Waals surface area (Å²) in [4.78, 5) is 14.0. The predicted octanol–water partition coefficient (Wildman–Crippen LogP) is 1.91. The van der Waals surface area contributed by atoms with E-state index in [0.29, 0.717) is 12.3 Å². The van der Waals surface area contributed by atoms with Crippen molar-refractivity contribution in [1.82, 2.24) is 4.90 Å². The van der Waals surface area contributed by atoms with Gasteiger partial charge in [-0.2, -0.15) is 0 Å². The van der Waals surface area contributed by atoms with Crippen molar-refractivity contribution in [3.63, 3.8) is 0 Å². The van der Waals surface area contributed by atoms with E-state index in [4.69, 9.17) is 10.2 Å². The van der Waals surface area contributed by atoms with Crippen LogP contribution in [0.5, 0.6) is 0 Å². The minimum Gasteiger partial charge on any atom is -0.451 e. The fourth-order valence-electron chi connectivity index (χ4n) is 2.40. The third-order valence-corrected chi connectivity index (χ3v) is 3.39. The minimum atomic E-state index is -0.0585. The minimum absolute atomic E-state index is 0.0585. The number of hydrogen-bond donors (Lipinski definition) is 1. The molecule has 4 heteroatoms. The summed E-state index contributed by atoms with van der Waals surface area (Å²) in [5.41, 5.74) is 7.73. The zero-order valence-corrected chi connectivity index (χ0v) is 10.3. The number of nitrogens with two attached hydrogens (primary N) is 1. The van der Waals surface area contributed by atoms with Gasteiger partial charge in [-0.3, -0.25) is 4.79 Å². The van der Waals surface area contributed by atoms with Crippen molar-refractivity contribution in [1.29, 1.82) is 0 Å². The van der Waals surface area contributed by atoms with Crippen molar-refractivity contribution < 1.29 is 9.21 Å². The number of carbonyl (C=O) groups is 1. The van der Waals surface area contributed by atoms with Crippen LogP contribution in [0.2, 0.25) is 0 Å². The lowest BCUT2D eigenvalue weighted by Crippen LogP contribution is -2.31. The first kappa shape index (κ1) is 11.3. The van der Waals surface area contributed by atoms with Gasteiger partial charge in [-0.1, -0.05) is 11.6 Å². The molecule has 1 aromatic heterocycles. The zero-order chi connectivity index (χ0) is 12.7. The molecular weight excluding hydrogens is 228 g/mol. The van der Waals surface area contributed by atoms with Crippen LogP contribution >= 0.6 is 0 Å². The number of carbonyl (C=O) groups excluding carboxylic acids is 1. The highest BCUT2D eigenvalue weighted by Crippen LogP contribution is 2.22. The Morgan fingerprint density at radius 1 is 1.44 bits per heavy atom. The molecule has 1 amide bonds. The Labute approximate surface area is 105 Å². The average Bonchev–Trinajstić information content (AvgIpc) is 2.93. The van der Waals surface area contributed by atoms with Crippen molar-refractivity contribution in [2.45, 2.75) is 19.4 Å². The Morgan fingerprint density at radius 2 is 2.28 bits per heavy atom. The number of nitrogens with zero attached hydrogens (tertiary/aromatic N) is 1. The van der Waals surface area contributed by atoms with E-state index in [-0.39, 0.29) is 11.9 Å². The van der Waals surface area contributed by atoms with Crippen LogP contribution in [0, 0.1) is 6.92 Å². The van der Waals surface area contributed by atoms with E-state index in [1.807, 2.05) is 31.2 Å². The van der Waals surface area contributed by atoms with Crippen LogP contribution in [-0.2, 0) is 0 Å². The topological polar surface area (TPSA) is 59.5 Å². The highest BCUT2D eigenvalue weighted by atomic mass is 16.3. The number of hydrogen-bond acceptors (Lipinski definition) is 3. The maximum atomic E-state index is 12.2. The molecule has 0 radical (unpaired) electrons. The molecule has 1 atom stereocenters. The number of likely N-dealkylation sites (tertiary alicyclic amines) is 1. The highest BCUT2D eigenvalue weighted by molar-refractivity contribution is 5.96. The van der Waals surface area contributed by atoms with Gasteiger partial charge in [0.1, 0.15) is 5.58 Å². The van der Waals surface area contributed by atoms with Gasteiger partial charge in [0.05, 0.1) is 0 Å². The summed E-state index contributed by atoms with van der Waals surface area (Å²) in [6.45, 7) is 3.36. The Kier molecular flexibility index (Phi) is 2.59. The molecule has 94 valence electrons. The number of fused-ring (bicyclic) bond motifs is 1. The average molecular weight is 244 g/mol. The molecule has 1 saturated heterocycles. The van der Waals surface area contributed by atoms with Gasteiger partial charge >= 0.3 is 0 Å². The van der Waals surface area contributed by atoms with Crippen LogP contribution in [0.15, 0.2) is 28.7 Å². The molecule has 4 nitrogen and oxygen atoms in total. The van der Waals surface area contributed by atoms with Crippen LogP contribution in [0.4, 0.5) is 0 Å². The Hall–Kier alpha value is -1.81. The summed E-state index contributed by atoms with van der Waals surface area (Å²) in [6.07, 6.45) is 0.866. The predicted molar refractivity (Wildman–Crippen MR) is 69.4 cm³/mol. The van der Waals surface area contributed by atoms with E-state index >= 15 is 0 Å². The molecule has 1 aliphatic heterocycles. The molecule has 18 heavy (non-hydrogen) atoms. The van der Waals surface area contributed by atoms with Gasteiger partial charge in [0, 0.05) is 24.5 Å². The van der Waals surface area contributed by atoms with Gasteiger partial charge in [0.25, 0.3) is 5.91 Å². The Morgan fingerprint density at radius 3 is 3.00 bits per heavy atom. The van der Waals surface area contributed by atoms with Gasteiger partial charge in [0.15, 0.2) is 5.76 Å². The molecule has 0 unspecified atom stereocenters. The van der Waals surface area contributed by atoms with Crippen molar-refractivity contribution in [2.75, 3.05) is 13.1 Å². The van der Waals surface area contributed by atoms with Crippen molar-refractivity contribution in [3.05, 3.63) is 35.6 Å². The third-order valence-electron chi connectivity index (χ3n) is 3.39. The van der Waals surface area contributed by atoms with Crippen LogP contribution in [-0.4, -0.2) is 29.9 Å². The van der Waals surface area contributed by atoms with E-state index in [1.54, 1.807) is 4.90 Å². The van der Waals surface area contributed by atoms with Gasteiger partial charge in [-0.15, -0.1) is 0 Å². The highest BCUT2D eigenvalue weighted by Gasteiger charge is 2.26. The Bertz CT molecular complexity index is 603. The zero-order valence-electron chi connectivity index (χ0n) is 10.3. The van der Waals surface area contributed by atoms with Crippen molar-refractivity contribution in [3.8, 4) is 0 Å². The van der Waals surface area contributed by atoms with Crippen LogP contribution in [0.1, 0.15) is 22.5 Å². The summed E-state index contributed by atoms with van der Waals surface area (Å²) in [6, 6.07) is 7.81. The maximum absolute atomic E-state index is 12.2. The molecule has 2 aromatic rings. The maximum Gasteiger partial charge on any atom is 0.289 e. The summed E-state index contributed by atoms with van der Waals surface area (Å²) >= 11 is 0. The summed E-state index contributed by atoms with van der Waals surface area (Å²) < 4.78 is 5.60. The summed E-state index contributed by atoms with van der Waals surface area (Å²) in [5, 5.41) is 0.974. The molecule has 1 aromatic carbocycles. The van der Waals surface area contributed by atoms with E-state index in [9.17, 15) is 4.79 Å². The number of amides is 1. The molecule has 3 rings (SSSR count). The van der Waals surface area contributed by atoms with E-state index in [2.05, 4.69) is 0 Å². The van der Waals surface area contributed by atoms with Crippen LogP contribution in [0.25, 0.3) is 11.0 Å². The monoisotopic (exact) mass is 244 g/mol. The lowest BCUT2D eigenvalue weighted by Gasteiger charge is -2.13. The standard InChI is InChI=1S/C14H16N2O2/c1-9-2-3-12-10(6-9)7-13(18-12)14(17)16-5-4-11(15)8-16/h2-3,6-7,11H,4-5,8,15H2,1H3/t11-/m0/s1. The van der Waals surface area contributed by atoms with Gasteiger partial charge in [-0.05, 0) is 31.5 Å². The normalized spacial score (nSPS) is 19.7. The quantitative estimate of drug-likeness (QED) is 0.833. The molecule has 2 N–H and O–H groups in total. The van der Waals surface area contributed by atoms with Crippen molar-refractivity contribution >= 4 is 16.9 Å². The number of furan rings is 1. The molecule has 0 aliphatic carbocycles. The van der Waals surface area contributed by atoms with Crippen LogP contribution in [0.3, 0.4) is 0 Å². The first-order valence-electron chi connectivity index (χ1n) is 6.18. The smallest absolute Gasteiger partial charge is 0.289 e. The van der Waals surface area contributed by atoms with E-state index in [1.165, 1.54) is 0 Å². The SMILES string of the molecule is Cc1ccc2oc(C(=O)N3CC[C@H](N)C3)cc2c1.